The van der Waals surface area contributed by atoms with E-state index >= 15 is 0 Å². The molecule has 1 aliphatic heterocycles. The summed E-state index contributed by atoms with van der Waals surface area (Å²) in [4.78, 5) is 13.3. The number of hydrogen-bond donors (Lipinski definition) is 1. The number of nitrogen functional groups attached to an aromatic ring is 1. The van der Waals surface area contributed by atoms with Crippen molar-refractivity contribution in [1.82, 2.24) is 0 Å². The van der Waals surface area contributed by atoms with Crippen molar-refractivity contribution in [2.75, 3.05) is 30.8 Å². The van der Waals surface area contributed by atoms with Crippen LogP contribution in [0.15, 0.2) is 18.2 Å². The van der Waals surface area contributed by atoms with Gasteiger partial charge in [-0.3, -0.25) is 4.79 Å². The van der Waals surface area contributed by atoms with Gasteiger partial charge in [0.2, 0.25) is 0 Å². The van der Waals surface area contributed by atoms with Gasteiger partial charge in [0.05, 0.1) is 18.5 Å². The van der Waals surface area contributed by atoms with Gasteiger partial charge in [0.25, 0.3) is 0 Å². The maximum absolute atomic E-state index is 11.0. The van der Waals surface area contributed by atoms with Crippen molar-refractivity contribution in [2.24, 2.45) is 0 Å². The van der Waals surface area contributed by atoms with Crippen LogP contribution in [0.4, 0.5) is 11.4 Å². The summed E-state index contributed by atoms with van der Waals surface area (Å²) in [6.07, 6.45) is 2.31. The number of hydrogen-bond acceptors (Lipinski definition) is 4. The Bertz CT molecular complexity index is 418. The molecule has 1 aromatic rings. The Hall–Kier alpha value is -1.71. The standard InChI is InChI=1S/C13H18N2O2/c1-17-12(16)6-3-8-15-9-7-10-4-2-5-11(14)13(10)15/h2,4-5H,3,6-9,14H2,1H3. The third kappa shape index (κ3) is 2.52. The third-order valence-electron chi connectivity index (χ3n) is 3.15. The Balaban J connectivity index is 1.95. The Kier molecular flexibility index (Phi) is 3.52. The van der Waals surface area contributed by atoms with Crippen molar-refractivity contribution in [1.29, 1.82) is 0 Å². The van der Waals surface area contributed by atoms with Crippen LogP contribution in [-0.4, -0.2) is 26.2 Å². The molecule has 0 aliphatic carbocycles. The Morgan fingerprint density at radius 2 is 2.35 bits per heavy atom. The molecule has 2 N–H and O–H groups in total. The summed E-state index contributed by atoms with van der Waals surface area (Å²) < 4.78 is 4.63. The average molecular weight is 234 g/mol. The number of fused-ring (bicyclic) bond motifs is 1. The molecule has 0 saturated carbocycles. The molecule has 0 bridgehead atoms. The lowest BCUT2D eigenvalue weighted by atomic mass is 10.1. The van der Waals surface area contributed by atoms with Crippen LogP contribution >= 0.6 is 0 Å². The zero-order chi connectivity index (χ0) is 12.3. The monoisotopic (exact) mass is 234 g/mol. The molecule has 17 heavy (non-hydrogen) atoms. The van der Waals surface area contributed by atoms with Gasteiger partial charge >= 0.3 is 5.97 Å². The van der Waals surface area contributed by atoms with Crippen molar-refractivity contribution in [2.45, 2.75) is 19.3 Å². The Morgan fingerprint density at radius 1 is 1.53 bits per heavy atom. The summed E-state index contributed by atoms with van der Waals surface area (Å²) in [6.45, 7) is 1.85. The van der Waals surface area contributed by atoms with E-state index < -0.39 is 0 Å². The zero-order valence-corrected chi connectivity index (χ0v) is 10.1. The molecule has 0 fully saturated rings. The lowest BCUT2D eigenvalue weighted by molar-refractivity contribution is -0.140. The minimum Gasteiger partial charge on any atom is -0.469 e. The lowest BCUT2D eigenvalue weighted by Gasteiger charge is -2.20. The van der Waals surface area contributed by atoms with E-state index in [0.717, 1.165) is 37.3 Å². The van der Waals surface area contributed by atoms with E-state index in [-0.39, 0.29) is 5.97 Å². The third-order valence-corrected chi connectivity index (χ3v) is 3.15. The molecule has 1 aromatic carbocycles. The van der Waals surface area contributed by atoms with E-state index in [2.05, 4.69) is 15.7 Å². The minimum absolute atomic E-state index is 0.148. The summed E-state index contributed by atoms with van der Waals surface area (Å²) in [6, 6.07) is 6.04. The molecule has 4 nitrogen and oxygen atoms in total. The van der Waals surface area contributed by atoms with Crippen LogP contribution in [-0.2, 0) is 16.0 Å². The van der Waals surface area contributed by atoms with E-state index in [9.17, 15) is 4.79 Å². The van der Waals surface area contributed by atoms with E-state index in [1.807, 2.05) is 12.1 Å². The highest BCUT2D eigenvalue weighted by Crippen LogP contribution is 2.33. The number of carbonyl (C=O) groups excluding carboxylic acids is 1. The van der Waals surface area contributed by atoms with Gasteiger partial charge in [-0.15, -0.1) is 0 Å². The fraction of sp³-hybridized carbons (Fsp3) is 0.462. The molecule has 0 atom stereocenters. The first kappa shape index (κ1) is 11.8. The fourth-order valence-corrected chi connectivity index (χ4v) is 2.31. The second kappa shape index (κ2) is 5.08. The summed E-state index contributed by atoms with van der Waals surface area (Å²) in [5.41, 5.74) is 9.28. The van der Waals surface area contributed by atoms with Crippen LogP contribution in [0.25, 0.3) is 0 Å². The van der Waals surface area contributed by atoms with Gasteiger partial charge in [-0.05, 0) is 24.5 Å². The molecule has 4 heteroatoms. The van der Waals surface area contributed by atoms with Gasteiger partial charge in [-0.25, -0.2) is 0 Å². The van der Waals surface area contributed by atoms with E-state index in [4.69, 9.17) is 5.73 Å². The van der Waals surface area contributed by atoms with Crippen molar-refractivity contribution in [3.05, 3.63) is 23.8 Å². The number of benzene rings is 1. The summed E-state index contributed by atoms with van der Waals surface area (Å²) >= 11 is 0. The highest BCUT2D eigenvalue weighted by Gasteiger charge is 2.20. The van der Waals surface area contributed by atoms with E-state index in [1.54, 1.807) is 0 Å². The molecule has 1 aliphatic rings. The molecule has 1 heterocycles. The highest BCUT2D eigenvalue weighted by molar-refractivity contribution is 5.74. The van der Waals surface area contributed by atoms with Gasteiger partial charge < -0.3 is 15.4 Å². The number of para-hydroxylation sites is 1. The Labute approximate surface area is 101 Å². The number of anilines is 2. The highest BCUT2D eigenvalue weighted by atomic mass is 16.5. The molecule has 0 saturated heterocycles. The molecule has 0 aromatic heterocycles. The van der Waals surface area contributed by atoms with E-state index in [0.29, 0.717) is 6.42 Å². The van der Waals surface area contributed by atoms with Crippen molar-refractivity contribution in [3.8, 4) is 0 Å². The van der Waals surface area contributed by atoms with Crippen LogP contribution in [0.5, 0.6) is 0 Å². The summed E-state index contributed by atoms with van der Waals surface area (Å²) in [7, 11) is 1.42. The quantitative estimate of drug-likeness (QED) is 0.635. The number of nitrogens with zero attached hydrogens (tertiary/aromatic N) is 1. The van der Waals surface area contributed by atoms with Gasteiger partial charge in [-0.2, -0.15) is 0 Å². The predicted octanol–water partition coefficient (Wildman–Crippen LogP) is 1.58. The number of methoxy groups -OCH3 is 1. The van der Waals surface area contributed by atoms with Gasteiger partial charge in [0, 0.05) is 19.5 Å². The molecule has 0 radical (unpaired) electrons. The van der Waals surface area contributed by atoms with Crippen LogP contribution in [0, 0.1) is 0 Å². The molecular weight excluding hydrogens is 216 g/mol. The second-order valence-corrected chi connectivity index (χ2v) is 4.27. The predicted molar refractivity (Wildman–Crippen MR) is 68.0 cm³/mol. The topological polar surface area (TPSA) is 55.6 Å². The number of nitrogens with two attached hydrogens (primary N) is 1. The molecule has 2 rings (SSSR count). The van der Waals surface area contributed by atoms with Gasteiger partial charge in [0.15, 0.2) is 0 Å². The molecule has 92 valence electrons. The maximum atomic E-state index is 11.0. The maximum Gasteiger partial charge on any atom is 0.305 e. The summed E-state index contributed by atoms with van der Waals surface area (Å²) in [5, 5.41) is 0. The smallest absolute Gasteiger partial charge is 0.305 e. The molecule has 0 unspecified atom stereocenters. The van der Waals surface area contributed by atoms with Crippen molar-refractivity contribution in [3.63, 3.8) is 0 Å². The van der Waals surface area contributed by atoms with E-state index in [1.165, 1.54) is 12.7 Å². The number of rotatable bonds is 4. The fourth-order valence-electron chi connectivity index (χ4n) is 2.31. The number of ether oxygens (including phenoxy) is 1. The van der Waals surface area contributed by atoms with Crippen LogP contribution in [0.3, 0.4) is 0 Å². The average Bonchev–Trinajstić information content (AvgIpc) is 2.74. The SMILES string of the molecule is COC(=O)CCCN1CCc2cccc(N)c21. The zero-order valence-electron chi connectivity index (χ0n) is 10.1. The first-order valence-electron chi connectivity index (χ1n) is 5.91. The van der Waals surface area contributed by atoms with Gasteiger partial charge in [-0.1, -0.05) is 12.1 Å². The van der Waals surface area contributed by atoms with Crippen LogP contribution in [0.1, 0.15) is 18.4 Å². The second-order valence-electron chi connectivity index (χ2n) is 4.27. The van der Waals surface area contributed by atoms with Crippen LogP contribution in [0.2, 0.25) is 0 Å². The molecule has 0 amide bonds. The van der Waals surface area contributed by atoms with Crippen molar-refractivity contribution < 1.29 is 9.53 Å². The number of carbonyl (C=O) groups is 1. The Morgan fingerprint density at radius 3 is 3.12 bits per heavy atom. The molecular formula is C13H18N2O2. The largest absolute Gasteiger partial charge is 0.469 e. The normalized spacial score (nSPS) is 13.6. The van der Waals surface area contributed by atoms with Crippen molar-refractivity contribution >= 4 is 17.3 Å². The first-order chi connectivity index (χ1) is 8.22. The molecule has 0 spiro atoms. The number of esters is 1. The summed E-state index contributed by atoms with van der Waals surface area (Å²) in [5.74, 6) is -0.148. The van der Waals surface area contributed by atoms with Gasteiger partial charge in [0.1, 0.15) is 0 Å². The van der Waals surface area contributed by atoms with Crippen LogP contribution < -0.4 is 10.6 Å². The lowest BCUT2D eigenvalue weighted by Crippen LogP contribution is -2.23. The first-order valence-corrected chi connectivity index (χ1v) is 5.91. The minimum atomic E-state index is -0.148.